The molecule has 9 nitrogen and oxygen atoms in total. The Morgan fingerprint density at radius 3 is 2.31 bits per heavy atom. The average molecular weight is 526 g/mol. The van der Waals surface area contributed by atoms with Crippen molar-refractivity contribution >= 4 is 40.7 Å². The molecule has 0 radical (unpaired) electrons. The van der Waals surface area contributed by atoms with Gasteiger partial charge in [0.2, 0.25) is 11.7 Å². The molecular weight excluding hydrogens is 497 g/mol. The molecule has 0 heterocycles. The second-order valence-electron chi connectivity index (χ2n) is 8.76. The lowest BCUT2D eigenvalue weighted by Crippen LogP contribution is -2.54. The van der Waals surface area contributed by atoms with Crippen LogP contribution in [0.3, 0.4) is 0 Å². The molecule has 190 valence electrons. The van der Waals surface area contributed by atoms with E-state index < -0.39 is 29.0 Å². The predicted octanol–water partition coefficient (Wildman–Crippen LogP) is 5.01. The fraction of sp³-hybridized carbons (Fsp3) is 0.417. The van der Waals surface area contributed by atoms with Gasteiger partial charge in [0.1, 0.15) is 11.8 Å². The van der Waals surface area contributed by atoms with Crippen LogP contribution < -0.4 is 14.8 Å². The first-order chi connectivity index (χ1) is 16.4. The van der Waals surface area contributed by atoms with Gasteiger partial charge in [-0.05, 0) is 45.4 Å². The maximum absolute atomic E-state index is 13.3. The Kier molecular flexibility index (Phi) is 9.73. The summed E-state index contributed by atoms with van der Waals surface area (Å²) in [6.07, 6.45) is 0.334. The number of nitrogens with zero attached hydrogens (tertiary/aromatic N) is 2. The number of carbonyl (C=O) groups is 2. The Morgan fingerprint density at radius 1 is 1.17 bits per heavy atom. The van der Waals surface area contributed by atoms with Crippen LogP contribution in [0.4, 0.5) is 5.69 Å². The van der Waals surface area contributed by atoms with Crippen molar-refractivity contribution in [2.45, 2.75) is 52.2 Å². The zero-order chi connectivity index (χ0) is 26.3. The summed E-state index contributed by atoms with van der Waals surface area (Å²) < 4.78 is 10.6. The number of hydrogen-bond acceptors (Lipinski definition) is 6. The number of benzene rings is 2. The zero-order valence-corrected chi connectivity index (χ0v) is 21.8. The van der Waals surface area contributed by atoms with Gasteiger partial charge < -0.3 is 19.7 Å². The van der Waals surface area contributed by atoms with Crippen molar-refractivity contribution in [2.24, 2.45) is 0 Å². The largest absolute Gasteiger partial charge is 0.490 e. The van der Waals surface area contributed by atoms with E-state index in [1.54, 1.807) is 25.1 Å². The number of rotatable bonds is 10. The Balaban J connectivity index is 2.33. The molecule has 0 saturated carbocycles. The summed E-state index contributed by atoms with van der Waals surface area (Å²) in [6, 6.07) is 8.10. The molecule has 0 aliphatic carbocycles. The van der Waals surface area contributed by atoms with Crippen molar-refractivity contribution in [1.29, 1.82) is 0 Å². The van der Waals surface area contributed by atoms with Gasteiger partial charge in [-0.1, -0.05) is 36.2 Å². The molecule has 0 saturated heterocycles. The number of ether oxygens (including phenoxy) is 2. The van der Waals surface area contributed by atoms with E-state index in [-0.39, 0.29) is 29.6 Å². The number of amides is 2. The van der Waals surface area contributed by atoms with Gasteiger partial charge in [-0.2, -0.15) is 0 Å². The summed E-state index contributed by atoms with van der Waals surface area (Å²) in [5, 5.41) is 14.7. The first-order valence-electron chi connectivity index (χ1n) is 10.9. The third-order valence-corrected chi connectivity index (χ3v) is 5.69. The molecule has 2 aromatic carbocycles. The number of carbonyl (C=O) groups excluding carboxylic acids is 2. The SMILES string of the molecule is CC[C@@H](C(=O)NC(C)(C)C)N(Cc1c(Cl)cccc1Cl)C(=O)COc1ccc([N+](=O)[O-])c(OC)c1. The molecule has 0 aliphatic rings. The predicted molar refractivity (Wildman–Crippen MR) is 134 cm³/mol. The monoisotopic (exact) mass is 525 g/mol. The van der Waals surface area contributed by atoms with Crippen molar-refractivity contribution < 1.29 is 24.0 Å². The van der Waals surface area contributed by atoms with Gasteiger partial charge in [-0.15, -0.1) is 0 Å². The molecule has 11 heteroatoms. The van der Waals surface area contributed by atoms with Crippen LogP contribution in [-0.4, -0.2) is 46.9 Å². The maximum Gasteiger partial charge on any atom is 0.311 e. The lowest BCUT2D eigenvalue weighted by Gasteiger charge is -2.33. The van der Waals surface area contributed by atoms with Crippen LogP contribution in [0.2, 0.25) is 10.0 Å². The maximum atomic E-state index is 13.3. The first kappa shape index (κ1) is 28.2. The Labute approximate surface area is 214 Å². The normalized spacial score (nSPS) is 12.0. The fourth-order valence-electron chi connectivity index (χ4n) is 3.35. The molecule has 35 heavy (non-hydrogen) atoms. The third-order valence-electron chi connectivity index (χ3n) is 4.98. The third kappa shape index (κ3) is 7.73. The highest BCUT2D eigenvalue weighted by Gasteiger charge is 2.32. The minimum Gasteiger partial charge on any atom is -0.490 e. The molecule has 1 N–H and O–H groups in total. The number of nitro groups is 1. The quantitative estimate of drug-likeness (QED) is 0.344. The average Bonchev–Trinajstić information content (AvgIpc) is 2.77. The second kappa shape index (κ2) is 12.1. The molecule has 0 spiro atoms. The number of hydrogen-bond donors (Lipinski definition) is 1. The summed E-state index contributed by atoms with van der Waals surface area (Å²) in [4.78, 5) is 38.3. The van der Waals surface area contributed by atoms with E-state index in [2.05, 4.69) is 5.32 Å². The van der Waals surface area contributed by atoms with E-state index in [0.29, 0.717) is 22.0 Å². The standard InChI is InChI=1S/C24H29Cl2N3O6/c1-6-19(23(31)27-24(2,3)4)28(13-16-17(25)8-7-9-18(16)26)22(30)14-35-15-10-11-20(29(32)33)21(12-15)34-5/h7-12,19H,6,13-14H2,1-5H3,(H,27,31)/t19-/m0/s1. The number of nitro benzene ring substituents is 1. The Bertz CT molecular complexity index is 1070. The van der Waals surface area contributed by atoms with Crippen LogP contribution >= 0.6 is 23.2 Å². The topological polar surface area (TPSA) is 111 Å². The van der Waals surface area contributed by atoms with Crippen molar-refractivity contribution in [2.75, 3.05) is 13.7 Å². The lowest BCUT2D eigenvalue weighted by atomic mass is 10.1. The van der Waals surface area contributed by atoms with Crippen LogP contribution in [-0.2, 0) is 16.1 Å². The van der Waals surface area contributed by atoms with Crippen molar-refractivity contribution in [1.82, 2.24) is 10.2 Å². The van der Waals surface area contributed by atoms with Crippen molar-refractivity contribution in [3.63, 3.8) is 0 Å². The van der Waals surface area contributed by atoms with Gasteiger partial charge in [0.05, 0.1) is 12.0 Å². The van der Waals surface area contributed by atoms with Gasteiger partial charge in [-0.3, -0.25) is 19.7 Å². The minimum atomic E-state index is -0.816. The van der Waals surface area contributed by atoms with Crippen molar-refractivity contribution in [3.8, 4) is 11.5 Å². The molecule has 2 amide bonds. The molecule has 0 bridgehead atoms. The summed E-state index contributed by atoms with van der Waals surface area (Å²) in [5.74, 6) is -0.623. The van der Waals surface area contributed by atoms with Gasteiger partial charge in [0.25, 0.3) is 5.91 Å². The van der Waals surface area contributed by atoms with Crippen LogP contribution in [0.15, 0.2) is 36.4 Å². The van der Waals surface area contributed by atoms with E-state index in [1.165, 1.54) is 30.2 Å². The number of nitrogens with one attached hydrogen (secondary N) is 1. The van der Waals surface area contributed by atoms with Crippen molar-refractivity contribution in [3.05, 3.63) is 62.1 Å². The fourth-order valence-corrected chi connectivity index (χ4v) is 3.87. The second-order valence-corrected chi connectivity index (χ2v) is 9.58. The minimum absolute atomic E-state index is 0.00403. The van der Waals surface area contributed by atoms with Gasteiger partial charge >= 0.3 is 5.69 Å². The highest BCUT2D eigenvalue weighted by molar-refractivity contribution is 6.36. The lowest BCUT2D eigenvalue weighted by molar-refractivity contribution is -0.385. The van der Waals surface area contributed by atoms with E-state index in [4.69, 9.17) is 32.7 Å². The first-order valence-corrected chi connectivity index (χ1v) is 11.6. The number of halogens is 2. The molecule has 0 unspecified atom stereocenters. The summed E-state index contributed by atoms with van der Waals surface area (Å²) in [5.41, 5.74) is -0.234. The highest BCUT2D eigenvalue weighted by Crippen LogP contribution is 2.31. The van der Waals surface area contributed by atoms with Crippen LogP contribution in [0, 0.1) is 10.1 Å². The van der Waals surface area contributed by atoms with Crippen LogP contribution in [0.5, 0.6) is 11.5 Å². The molecule has 0 aliphatic heterocycles. The summed E-state index contributed by atoms with van der Waals surface area (Å²) in [6.45, 7) is 6.89. The van der Waals surface area contributed by atoms with Gasteiger partial charge in [-0.25, -0.2) is 0 Å². The molecule has 0 fully saturated rings. The smallest absolute Gasteiger partial charge is 0.311 e. The van der Waals surface area contributed by atoms with E-state index in [0.717, 1.165) is 0 Å². The van der Waals surface area contributed by atoms with E-state index >= 15 is 0 Å². The highest BCUT2D eigenvalue weighted by atomic mass is 35.5. The Morgan fingerprint density at radius 2 is 1.80 bits per heavy atom. The summed E-state index contributed by atoms with van der Waals surface area (Å²) in [7, 11) is 1.30. The van der Waals surface area contributed by atoms with E-state index in [1.807, 2.05) is 20.8 Å². The van der Waals surface area contributed by atoms with Gasteiger partial charge in [0, 0.05) is 39.8 Å². The molecule has 2 rings (SSSR count). The molecule has 1 atom stereocenters. The van der Waals surface area contributed by atoms with E-state index in [9.17, 15) is 19.7 Å². The molecule has 2 aromatic rings. The van der Waals surface area contributed by atoms with Crippen LogP contribution in [0.25, 0.3) is 0 Å². The number of methoxy groups -OCH3 is 1. The Hall–Kier alpha value is -3.04. The van der Waals surface area contributed by atoms with Gasteiger partial charge in [0.15, 0.2) is 6.61 Å². The van der Waals surface area contributed by atoms with Crippen LogP contribution in [0.1, 0.15) is 39.7 Å². The molecular formula is C24H29Cl2N3O6. The molecule has 0 aromatic heterocycles. The summed E-state index contributed by atoms with van der Waals surface area (Å²) >= 11 is 12.7. The zero-order valence-electron chi connectivity index (χ0n) is 20.3.